The smallest absolute Gasteiger partial charge is 0.222 e. The van der Waals surface area contributed by atoms with Crippen molar-refractivity contribution in [3.8, 4) is 0 Å². The van der Waals surface area contributed by atoms with E-state index >= 15 is 0 Å². The molecular formula is C25H30N6O. The molecule has 0 fully saturated rings. The molecule has 7 nitrogen and oxygen atoms in total. The molecule has 0 aliphatic carbocycles. The lowest BCUT2D eigenvalue weighted by Crippen LogP contribution is -2.24. The van der Waals surface area contributed by atoms with Crippen LogP contribution >= 0.6 is 0 Å². The zero-order chi connectivity index (χ0) is 22.9. The van der Waals surface area contributed by atoms with Crippen molar-refractivity contribution in [2.45, 2.75) is 53.1 Å². The van der Waals surface area contributed by atoms with Crippen molar-refractivity contribution in [3.63, 3.8) is 0 Å². The van der Waals surface area contributed by atoms with Crippen LogP contribution in [0.4, 0.5) is 5.82 Å². The minimum Gasteiger partial charge on any atom is -0.383 e. The Hall–Kier alpha value is -3.48. The summed E-state index contributed by atoms with van der Waals surface area (Å²) in [4.78, 5) is 23.6. The van der Waals surface area contributed by atoms with E-state index in [-0.39, 0.29) is 17.2 Å². The largest absolute Gasteiger partial charge is 0.383 e. The average molecular weight is 431 g/mol. The molecule has 0 bridgehead atoms. The standard InChI is InChI=1S/C25H30N6O/c1-5-7-8-12-25(3,4)21-11-9-10-17(13-27-21)18-14-28-31-23(26)19-15-30(22(32)6-2)16-20(19)29-24(18)31/h5,7-14,17H,6,15-16,26H2,1-4H3/b7-5-,12-8-. The maximum absolute atomic E-state index is 12.2. The Morgan fingerprint density at radius 1 is 1.31 bits per heavy atom. The Labute approximate surface area is 188 Å². The van der Waals surface area contributed by atoms with Gasteiger partial charge in [-0.2, -0.15) is 9.61 Å². The van der Waals surface area contributed by atoms with Crippen molar-refractivity contribution in [3.05, 3.63) is 71.2 Å². The van der Waals surface area contributed by atoms with E-state index in [2.05, 4.69) is 37.2 Å². The first-order valence-electron chi connectivity index (χ1n) is 11.0. The number of hydrogen-bond acceptors (Lipinski definition) is 5. The molecule has 1 atom stereocenters. The summed E-state index contributed by atoms with van der Waals surface area (Å²) < 4.78 is 1.68. The highest BCUT2D eigenvalue weighted by Crippen LogP contribution is 2.33. The second kappa shape index (κ2) is 8.57. The van der Waals surface area contributed by atoms with E-state index in [9.17, 15) is 4.79 Å². The molecule has 2 N–H and O–H groups in total. The second-order valence-electron chi connectivity index (χ2n) is 8.71. The number of carbonyl (C=O) groups excluding carboxylic acids is 1. The van der Waals surface area contributed by atoms with Gasteiger partial charge in [-0.15, -0.1) is 0 Å². The Morgan fingerprint density at radius 2 is 2.12 bits per heavy atom. The summed E-state index contributed by atoms with van der Waals surface area (Å²) in [5.41, 5.74) is 10.6. The predicted molar refractivity (Wildman–Crippen MR) is 128 cm³/mol. The maximum Gasteiger partial charge on any atom is 0.222 e. The third-order valence-electron chi connectivity index (χ3n) is 6.02. The van der Waals surface area contributed by atoms with Gasteiger partial charge in [0.1, 0.15) is 5.82 Å². The highest BCUT2D eigenvalue weighted by molar-refractivity contribution is 5.78. The van der Waals surface area contributed by atoms with Gasteiger partial charge in [0.15, 0.2) is 5.65 Å². The van der Waals surface area contributed by atoms with Crippen LogP contribution in [0.2, 0.25) is 0 Å². The number of fused-ring (bicyclic) bond motifs is 2. The van der Waals surface area contributed by atoms with Gasteiger partial charge in [-0.3, -0.25) is 9.79 Å². The van der Waals surface area contributed by atoms with Crippen molar-refractivity contribution in [2.24, 2.45) is 10.4 Å². The molecule has 0 saturated heterocycles. The number of hydrogen-bond donors (Lipinski definition) is 1. The topological polar surface area (TPSA) is 88.9 Å². The molecule has 2 aliphatic rings. The number of aliphatic imine (C=N–C) groups is 1. The normalized spacial score (nSPS) is 18.7. The fourth-order valence-electron chi connectivity index (χ4n) is 4.06. The summed E-state index contributed by atoms with van der Waals surface area (Å²) in [6, 6.07) is 0. The van der Waals surface area contributed by atoms with Gasteiger partial charge >= 0.3 is 0 Å². The fourth-order valence-corrected chi connectivity index (χ4v) is 4.06. The summed E-state index contributed by atoms with van der Waals surface area (Å²) >= 11 is 0. The first kappa shape index (κ1) is 21.7. The molecule has 2 aliphatic heterocycles. The Bertz CT molecular complexity index is 1190. The zero-order valence-electron chi connectivity index (χ0n) is 19.1. The molecule has 2 aromatic rings. The van der Waals surface area contributed by atoms with Crippen LogP contribution in [0.1, 0.15) is 56.9 Å². The molecule has 32 heavy (non-hydrogen) atoms. The second-order valence-corrected chi connectivity index (χ2v) is 8.71. The van der Waals surface area contributed by atoms with Gasteiger partial charge in [0.25, 0.3) is 0 Å². The minimum atomic E-state index is -0.199. The van der Waals surface area contributed by atoms with Crippen LogP contribution in [0, 0.1) is 5.41 Å². The lowest BCUT2D eigenvalue weighted by atomic mass is 9.88. The molecule has 7 heteroatoms. The van der Waals surface area contributed by atoms with Crippen molar-refractivity contribution in [1.82, 2.24) is 19.5 Å². The van der Waals surface area contributed by atoms with E-state index in [0.29, 0.717) is 31.0 Å². The summed E-state index contributed by atoms with van der Waals surface area (Å²) in [6.45, 7) is 9.13. The van der Waals surface area contributed by atoms with E-state index < -0.39 is 0 Å². The highest BCUT2D eigenvalue weighted by Gasteiger charge is 2.29. The van der Waals surface area contributed by atoms with E-state index in [1.54, 1.807) is 9.42 Å². The van der Waals surface area contributed by atoms with Gasteiger partial charge in [0, 0.05) is 40.8 Å². The average Bonchev–Trinajstić information content (AvgIpc) is 3.31. The van der Waals surface area contributed by atoms with Crippen LogP contribution < -0.4 is 5.73 Å². The van der Waals surface area contributed by atoms with E-state index in [1.807, 2.05) is 50.6 Å². The van der Waals surface area contributed by atoms with Crippen LogP contribution in [-0.4, -0.2) is 31.6 Å². The lowest BCUT2D eigenvalue weighted by Gasteiger charge is -2.20. The van der Waals surface area contributed by atoms with Gasteiger partial charge in [-0.05, 0) is 13.0 Å². The first-order valence-corrected chi connectivity index (χ1v) is 11.0. The van der Waals surface area contributed by atoms with Gasteiger partial charge in [-0.1, -0.05) is 57.2 Å². The minimum absolute atomic E-state index is 0.0729. The van der Waals surface area contributed by atoms with Crippen LogP contribution in [0.3, 0.4) is 0 Å². The molecule has 2 aromatic heterocycles. The van der Waals surface area contributed by atoms with Crippen molar-refractivity contribution < 1.29 is 4.79 Å². The monoisotopic (exact) mass is 430 g/mol. The van der Waals surface area contributed by atoms with Crippen molar-refractivity contribution in [1.29, 1.82) is 0 Å². The molecule has 0 aromatic carbocycles. The molecule has 0 spiro atoms. The third-order valence-corrected chi connectivity index (χ3v) is 6.02. The Morgan fingerprint density at radius 3 is 2.88 bits per heavy atom. The van der Waals surface area contributed by atoms with Gasteiger partial charge < -0.3 is 10.6 Å². The third kappa shape index (κ3) is 3.90. The molecule has 4 heterocycles. The Kier molecular flexibility index (Phi) is 5.82. The molecule has 0 saturated carbocycles. The summed E-state index contributed by atoms with van der Waals surface area (Å²) in [5, 5.41) is 4.50. The summed E-state index contributed by atoms with van der Waals surface area (Å²) in [7, 11) is 0. The molecule has 1 amide bonds. The summed E-state index contributed by atoms with van der Waals surface area (Å²) in [5.74, 6) is 0.575. The highest BCUT2D eigenvalue weighted by atomic mass is 16.2. The van der Waals surface area contributed by atoms with Crippen LogP contribution in [0.25, 0.3) is 5.65 Å². The lowest BCUT2D eigenvalue weighted by molar-refractivity contribution is -0.131. The molecule has 1 unspecified atom stereocenters. The fraction of sp³-hybridized carbons (Fsp3) is 0.360. The van der Waals surface area contributed by atoms with Crippen LogP contribution in [0.5, 0.6) is 0 Å². The van der Waals surface area contributed by atoms with Crippen LogP contribution in [0.15, 0.2) is 59.4 Å². The number of nitrogen functional groups attached to an aromatic ring is 1. The number of rotatable bonds is 5. The zero-order valence-corrected chi connectivity index (χ0v) is 19.1. The van der Waals surface area contributed by atoms with Gasteiger partial charge in [0.05, 0.1) is 25.0 Å². The molecular weight excluding hydrogens is 400 g/mol. The van der Waals surface area contributed by atoms with Gasteiger partial charge in [0.2, 0.25) is 5.91 Å². The van der Waals surface area contributed by atoms with Gasteiger partial charge in [-0.25, -0.2) is 4.98 Å². The van der Waals surface area contributed by atoms with Crippen LogP contribution in [-0.2, 0) is 17.9 Å². The van der Waals surface area contributed by atoms with Crippen molar-refractivity contribution >= 4 is 23.6 Å². The number of carbonyl (C=O) groups is 1. The first-order chi connectivity index (χ1) is 15.4. The van der Waals surface area contributed by atoms with Crippen molar-refractivity contribution in [2.75, 3.05) is 5.73 Å². The predicted octanol–water partition coefficient (Wildman–Crippen LogP) is 4.33. The number of aromatic nitrogens is 3. The quantitative estimate of drug-likeness (QED) is 0.715. The molecule has 166 valence electrons. The number of amides is 1. The van der Waals surface area contributed by atoms with E-state index in [0.717, 1.165) is 22.5 Å². The number of anilines is 1. The SMILES string of the molecule is C/C=C\C=C/C(C)(C)C1=CC=CC(c2cnn3c(N)c4c(nc23)CN(C(=O)CC)C4)C=N1. The number of nitrogens with two attached hydrogens (primary N) is 1. The Balaban J connectivity index is 1.65. The molecule has 0 radical (unpaired) electrons. The van der Waals surface area contributed by atoms with E-state index in [1.165, 1.54) is 0 Å². The van der Waals surface area contributed by atoms with E-state index in [4.69, 9.17) is 15.7 Å². The maximum atomic E-state index is 12.2. The molecule has 4 rings (SSSR count). The number of nitrogens with zero attached hydrogens (tertiary/aromatic N) is 5. The number of allylic oxidation sites excluding steroid dienone is 7. The summed E-state index contributed by atoms with van der Waals surface area (Å²) in [6.07, 6.45) is 18.6.